The maximum absolute atomic E-state index is 5.90. The number of nitrogens with one attached hydrogen (secondary N) is 2. The lowest BCUT2D eigenvalue weighted by Crippen LogP contribution is -2.18. The summed E-state index contributed by atoms with van der Waals surface area (Å²) in [6.07, 6.45) is 3.50. The number of hydrogen-bond donors (Lipinski definition) is 3. The minimum absolute atomic E-state index is 0.319. The molecule has 1 atom stereocenters. The van der Waals surface area contributed by atoms with Gasteiger partial charge in [0.25, 0.3) is 0 Å². The number of H-pyrrole nitrogens is 1. The minimum Gasteiger partial charge on any atom is -0.382 e. The average Bonchev–Trinajstić information content (AvgIpc) is 2.68. The molecule has 0 radical (unpaired) electrons. The first kappa shape index (κ1) is 11.1. The fourth-order valence-corrected chi connectivity index (χ4v) is 2.69. The van der Waals surface area contributed by atoms with Crippen LogP contribution in [-0.4, -0.2) is 9.97 Å². The van der Waals surface area contributed by atoms with Crippen molar-refractivity contribution in [3.63, 3.8) is 0 Å². The van der Waals surface area contributed by atoms with E-state index in [4.69, 9.17) is 5.73 Å². The highest BCUT2D eigenvalue weighted by molar-refractivity contribution is 5.58. The number of rotatable bonds is 2. The van der Waals surface area contributed by atoms with Gasteiger partial charge in [-0.2, -0.15) is 0 Å². The predicted octanol–water partition coefficient (Wildman–Crippen LogP) is 2.79. The third kappa shape index (κ3) is 1.94. The van der Waals surface area contributed by atoms with Crippen molar-refractivity contribution in [3.8, 4) is 0 Å². The molecular weight excluding hydrogens is 224 g/mol. The summed E-state index contributed by atoms with van der Waals surface area (Å²) >= 11 is 0. The van der Waals surface area contributed by atoms with E-state index in [1.165, 1.54) is 24.0 Å². The highest BCUT2D eigenvalue weighted by Crippen LogP contribution is 2.32. The van der Waals surface area contributed by atoms with E-state index in [0.717, 1.165) is 18.1 Å². The molecular formula is C14H18N4. The van der Waals surface area contributed by atoms with Gasteiger partial charge in [0.2, 0.25) is 0 Å². The van der Waals surface area contributed by atoms with Crippen LogP contribution in [-0.2, 0) is 6.42 Å². The average molecular weight is 242 g/mol. The van der Waals surface area contributed by atoms with Crippen molar-refractivity contribution < 1.29 is 0 Å². The van der Waals surface area contributed by atoms with Crippen molar-refractivity contribution in [3.05, 3.63) is 41.2 Å². The van der Waals surface area contributed by atoms with Crippen LogP contribution in [0.1, 0.15) is 35.8 Å². The largest absolute Gasteiger partial charge is 0.382 e. The second-order valence-electron chi connectivity index (χ2n) is 4.87. The van der Waals surface area contributed by atoms with Crippen molar-refractivity contribution in [2.75, 3.05) is 11.1 Å². The summed E-state index contributed by atoms with van der Waals surface area (Å²) in [5.41, 5.74) is 8.71. The lowest BCUT2D eigenvalue weighted by molar-refractivity contribution is 0.599. The van der Waals surface area contributed by atoms with E-state index in [-0.39, 0.29) is 0 Å². The Morgan fingerprint density at radius 1 is 1.39 bits per heavy atom. The fourth-order valence-electron chi connectivity index (χ4n) is 2.69. The summed E-state index contributed by atoms with van der Waals surface area (Å²) in [6, 6.07) is 8.93. The van der Waals surface area contributed by atoms with Crippen LogP contribution in [0.2, 0.25) is 0 Å². The summed E-state index contributed by atoms with van der Waals surface area (Å²) in [4.78, 5) is 7.41. The first-order valence-electron chi connectivity index (χ1n) is 6.40. The van der Waals surface area contributed by atoms with Crippen LogP contribution in [0.3, 0.4) is 0 Å². The molecule has 1 aromatic carbocycles. The number of anilines is 2. The van der Waals surface area contributed by atoms with E-state index in [9.17, 15) is 0 Å². The Labute approximate surface area is 107 Å². The summed E-state index contributed by atoms with van der Waals surface area (Å²) in [5.74, 6) is 2.24. The number of nitrogen functional groups attached to an aromatic ring is 1. The molecule has 4 nitrogen and oxygen atoms in total. The zero-order valence-corrected chi connectivity index (χ0v) is 10.5. The van der Waals surface area contributed by atoms with Gasteiger partial charge >= 0.3 is 0 Å². The van der Waals surface area contributed by atoms with Crippen LogP contribution >= 0.6 is 0 Å². The van der Waals surface area contributed by atoms with Crippen molar-refractivity contribution >= 4 is 11.6 Å². The van der Waals surface area contributed by atoms with Crippen LogP contribution in [0.25, 0.3) is 0 Å². The van der Waals surface area contributed by atoms with E-state index in [1.807, 2.05) is 6.92 Å². The Morgan fingerprint density at radius 2 is 2.22 bits per heavy atom. The normalized spacial score (nSPS) is 18.4. The standard InChI is InChI=1S/C14H18N4/c1-9-16-13(15)14(17-9)18-12-8-4-6-10-5-2-3-7-11(10)12/h2-3,5,7,12,18H,4,6,8,15H2,1H3,(H,16,17). The van der Waals surface area contributed by atoms with Crippen LogP contribution in [0.5, 0.6) is 0 Å². The number of aromatic amines is 1. The molecule has 3 rings (SSSR count). The van der Waals surface area contributed by atoms with Crippen molar-refractivity contribution in [2.24, 2.45) is 0 Å². The summed E-state index contributed by atoms with van der Waals surface area (Å²) < 4.78 is 0. The smallest absolute Gasteiger partial charge is 0.169 e. The lowest BCUT2D eigenvalue weighted by Gasteiger charge is -2.26. The van der Waals surface area contributed by atoms with Gasteiger partial charge in [-0.15, -0.1) is 0 Å². The van der Waals surface area contributed by atoms with Gasteiger partial charge in [-0.25, -0.2) is 4.98 Å². The molecule has 0 aliphatic heterocycles. The molecule has 94 valence electrons. The number of fused-ring (bicyclic) bond motifs is 1. The second-order valence-corrected chi connectivity index (χ2v) is 4.87. The Kier molecular flexibility index (Phi) is 2.70. The van der Waals surface area contributed by atoms with Crippen LogP contribution in [0, 0.1) is 6.92 Å². The van der Waals surface area contributed by atoms with Gasteiger partial charge in [0, 0.05) is 0 Å². The highest BCUT2D eigenvalue weighted by Gasteiger charge is 2.21. The molecule has 0 fully saturated rings. The van der Waals surface area contributed by atoms with Gasteiger partial charge in [0.05, 0.1) is 6.04 Å². The van der Waals surface area contributed by atoms with Gasteiger partial charge in [0.15, 0.2) is 5.82 Å². The summed E-state index contributed by atoms with van der Waals surface area (Å²) in [7, 11) is 0. The van der Waals surface area contributed by atoms with Crippen LogP contribution < -0.4 is 11.1 Å². The van der Waals surface area contributed by atoms with Crippen molar-refractivity contribution in [1.29, 1.82) is 0 Å². The Bertz CT molecular complexity index is 559. The number of aryl methyl sites for hydroxylation is 2. The fraction of sp³-hybridized carbons (Fsp3) is 0.357. The number of nitrogens with two attached hydrogens (primary N) is 1. The topological polar surface area (TPSA) is 66.7 Å². The van der Waals surface area contributed by atoms with Gasteiger partial charge in [0.1, 0.15) is 11.6 Å². The number of benzene rings is 1. The predicted molar refractivity (Wildman–Crippen MR) is 73.5 cm³/mol. The number of aromatic nitrogens is 2. The molecule has 18 heavy (non-hydrogen) atoms. The Morgan fingerprint density at radius 3 is 3.00 bits per heavy atom. The van der Waals surface area contributed by atoms with E-state index < -0.39 is 0 Å². The number of imidazole rings is 1. The van der Waals surface area contributed by atoms with Crippen molar-refractivity contribution in [1.82, 2.24) is 9.97 Å². The Hall–Kier alpha value is -1.97. The van der Waals surface area contributed by atoms with Crippen molar-refractivity contribution in [2.45, 2.75) is 32.2 Å². The first-order valence-corrected chi connectivity index (χ1v) is 6.40. The van der Waals surface area contributed by atoms with E-state index in [1.54, 1.807) is 0 Å². The SMILES string of the molecule is Cc1nc(NC2CCCc3ccccc32)c(N)[nH]1. The zero-order valence-electron chi connectivity index (χ0n) is 10.5. The third-order valence-corrected chi connectivity index (χ3v) is 3.53. The molecule has 4 heteroatoms. The molecule has 1 aliphatic carbocycles. The third-order valence-electron chi connectivity index (χ3n) is 3.53. The number of nitrogens with zero attached hydrogens (tertiary/aromatic N) is 1. The Balaban J connectivity index is 1.88. The molecule has 1 aliphatic rings. The van der Waals surface area contributed by atoms with Gasteiger partial charge in [-0.1, -0.05) is 24.3 Å². The van der Waals surface area contributed by atoms with Gasteiger partial charge in [-0.3, -0.25) is 0 Å². The molecule has 0 bridgehead atoms. The summed E-state index contributed by atoms with van der Waals surface area (Å²) in [5, 5.41) is 3.46. The van der Waals surface area contributed by atoms with E-state index in [2.05, 4.69) is 39.6 Å². The minimum atomic E-state index is 0.319. The molecule has 1 aromatic heterocycles. The zero-order chi connectivity index (χ0) is 12.5. The summed E-state index contributed by atoms with van der Waals surface area (Å²) in [6.45, 7) is 1.91. The van der Waals surface area contributed by atoms with Crippen LogP contribution in [0.15, 0.2) is 24.3 Å². The molecule has 1 heterocycles. The monoisotopic (exact) mass is 242 g/mol. The number of hydrogen-bond acceptors (Lipinski definition) is 3. The second kappa shape index (κ2) is 4.37. The van der Waals surface area contributed by atoms with E-state index >= 15 is 0 Å². The quantitative estimate of drug-likeness (QED) is 0.758. The molecule has 0 saturated carbocycles. The lowest BCUT2D eigenvalue weighted by atomic mass is 9.88. The molecule has 2 aromatic rings. The van der Waals surface area contributed by atoms with Gasteiger partial charge < -0.3 is 16.0 Å². The van der Waals surface area contributed by atoms with Crippen LogP contribution in [0.4, 0.5) is 11.6 Å². The van der Waals surface area contributed by atoms with E-state index in [0.29, 0.717) is 11.9 Å². The first-order chi connectivity index (χ1) is 8.74. The molecule has 4 N–H and O–H groups in total. The highest BCUT2D eigenvalue weighted by atomic mass is 15.1. The maximum atomic E-state index is 5.90. The molecule has 0 saturated heterocycles. The van der Waals surface area contributed by atoms with Gasteiger partial charge in [-0.05, 0) is 37.3 Å². The molecule has 1 unspecified atom stereocenters. The molecule has 0 spiro atoms. The molecule has 0 amide bonds. The maximum Gasteiger partial charge on any atom is 0.169 e.